The molecule has 0 N–H and O–H groups in total. The van der Waals surface area contributed by atoms with Gasteiger partial charge in [-0.1, -0.05) is 109 Å². The van der Waals surface area contributed by atoms with Crippen molar-refractivity contribution in [1.29, 1.82) is 0 Å². The van der Waals surface area contributed by atoms with E-state index < -0.39 is 0 Å². The average Bonchev–Trinajstić information content (AvgIpc) is 3.74. The van der Waals surface area contributed by atoms with Crippen molar-refractivity contribution in [2.75, 3.05) is 0 Å². The van der Waals surface area contributed by atoms with E-state index in [-0.39, 0.29) is 0 Å². The quantitative estimate of drug-likeness (QED) is 0.196. The van der Waals surface area contributed by atoms with E-state index in [2.05, 4.69) is 65.6 Å². The lowest BCUT2D eigenvalue weighted by Gasteiger charge is -2.09. The maximum absolute atomic E-state index is 6.46. The molecule has 0 spiro atoms. The molecule has 4 heterocycles. The molecule has 6 heteroatoms. The molecule has 6 nitrogen and oxygen atoms in total. The molecule has 0 saturated heterocycles. The van der Waals surface area contributed by atoms with Crippen molar-refractivity contribution in [3.63, 3.8) is 0 Å². The second-order valence-electron chi connectivity index (χ2n) is 11.8. The maximum Gasteiger partial charge on any atom is 0.228 e. The number of aromatic nitrogens is 4. The van der Waals surface area contributed by atoms with Crippen LogP contribution in [0.4, 0.5) is 0 Å². The summed E-state index contributed by atoms with van der Waals surface area (Å²) in [4.78, 5) is 19.4. The first-order valence-electron chi connectivity index (χ1n) is 15.8. The Morgan fingerprint density at radius 2 is 1.12 bits per heavy atom. The van der Waals surface area contributed by atoms with Crippen molar-refractivity contribution < 1.29 is 8.83 Å². The Hall–Kier alpha value is -6.66. The van der Waals surface area contributed by atoms with Crippen LogP contribution in [0.5, 0.6) is 0 Å². The number of rotatable bonds is 4. The molecule has 224 valence electrons. The second-order valence-corrected chi connectivity index (χ2v) is 11.8. The zero-order chi connectivity index (χ0) is 31.6. The van der Waals surface area contributed by atoms with Gasteiger partial charge < -0.3 is 8.83 Å². The highest BCUT2D eigenvalue weighted by atomic mass is 16.3. The van der Waals surface area contributed by atoms with E-state index in [1.807, 2.05) is 78.9 Å². The molecule has 48 heavy (non-hydrogen) atoms. The highest BCUT2D eigenvalue weighted by molar-refractivity contribution is 6.19. The SMILES string of the molecule is c1ccc(-c2nc(-c3ccccc3)nc(-c3ccnc4oc5cc(-c6cccc7oc8c9ccccc9ccc8c67)ccc5c34)n2)cc1. The highest BCUT2D eigenvalue weighted by Crippen LogP contribution is 2.42. The van der Waals surface area contributed by atoms with Gasteiger partial charge in [0.15, 0.2) is 17.5 Å². The van der Waals surface area contributed by atoms with Crippen molar-refractivity contribution in [3.05, 3.63) is 146 Å². The zero-order valence-corrected chi connectivity index (χ0v) is 25.5. The molecular weight excluding hydrogens is 592 g/mol. The Labute approximate surface area is 274 Å². The summed E-state index contributed by atoms with van der Waals surface area (Å²) >= 11 is 0. The van der Waals surface area contributed by atoms with Crippen molar-refractivity contribution in [3.8, 4) is 45.3 Å². The predicted molar refractivity (Wildman–Crippen MR) is 191 cm³/mol. The molecule has 0 atom stereocenters. The van der Waals surface area contributed by atoms with Gasteiger partial charge in [-0.2, -0.15) is 0 Å². The van der Waals surface area contributed by atoms with Crippen LogP contribution in [0.3, 0.4) is 0 Å². The number of benzene rings is 6. The number of nitrogens with zero attached hydrogens (tertiary/aromatic N) is 4. The summed E-state index contributed by atoms with van der Waals surface area (Å²) < 4.78 is 12.9. The van der Waals surface area contributed by atoms with E-state index in [1.165, 1.54) is 0 Å². The molecule has 0 aliphatic carbocycles. The van der Waals surface area contributed by atoms with Crippen LogP contribution >= 0.6 is 0 Å². The molecule has 0 radical (unpaired) electrons. The summed E-state index contributed by atoms with van der Waals surface area (Å²) in [6.07, 6.45) is 1.75. The lowest BCUT2D eigenvalue weighted by molar-refractivity contribution is 0.654. The second kappa shape index (κ2) is 10.4. The van der Waals surface area contributed by atoms with Gasteiger partial charge in [0.2, 0.25) is 5.71 Å². The molecule has 0 aliphatic rings. The van der Waals surface area contributed by atoms with Crippen LogP contribution in [-0.4, -0.2) is 19.9 Å². The number of furan rings is 2. The lowest BCUT2D eigenvalue weighted by atomic mass is 9.97. The molecular formula is C42H24N4O2. The van der Waals surface area contributed by atoms with E-state index in [9.17, 15) is 0 Å². The van der Waals surface area contributed by atoms with Gasteiger partial charge in [0, 0.05) is 44.4 Å². The van der Waals surface area contributed by atoms with E-state index in [0.717, 1.165) is 76.9 Å². The Balaban J connectivity index is 1.16. The minimum atomic E-state index is 0.529. The minimum Gasteiger partial charge on any atom is -0.455 e. The third-order valence-corrected chi connectivity index (χ3v) is 9.01. The Bertz CT molecular complexity index is 2780. The normalized spacial score (nSPS) is 11.8. The topological polar surface area (TPSA) is 77.8 Å². The Morgan fingerprint density at radius 3 is 1.92 bits per heavy atom. The van der Waals surface area contributed by atoms with Gasteiger partial charge in [0.25, 0.3) is 0 Å². The Kier molecular flexibility index (Phi) is 5.77. The van der Waals surface area contributed by atoms with E-state index in [0.29, 0.717) is 23.2 Å². The van der Waals surface area contributed by atoms with Gasteiger partial charge in [-0.15, -0.1) is 0 Å². The summed E-state index contributed by atoms with van der Waals surface area (Å²) in [6.45, 7) is 0. The van der Waals surface area contributed by atoms with E-state index >= 15 is 0 Å². The van der Waals surface area contributed by atoms with E-state index in [4.69, 9.17) is 23.8 Å². The fourth-order valence-electron chi connectivity index (χ4n) is 6.77. The third kappa shape index (κ3) is 4.13. The largest absolute Gasteiger partial charge is 0.455 e. The summed E-state index contributed by atoms with van der Waals surface area (Å²) in [5.74, 6) is 1.77. The van der Waals surface area contributed by atoms with Crippen LogP contribution in [-0.2, 0) is 0 Å². The predicted octanol–water partition coefficient (Wildman–Crippen LogP) is 10.9. The number of pyridine rings is 1. The molecule has 0 aliphatic heterocycles. The van der Waals surface area contributed by atoms with Crippen LogP contribution in [0, 0.1) is 0 Å². The van der Waals surface area contributed by atoms with Crippen molar-refractivity contribution in [2.45, 2.75) is 0 Å². The van der Waals surface area contributed by atoms with Gasteiger partial charge in [0.05, 0.1) is 5.39 Å². The monoisotopic (exact) mass is 616 g/mol. The number of hydrogen-bond donors (Lipinski definition) is 0. The van der Waals surface area contributed by atoms with Gasteiger partial charge in [0.1, 0.15) is 16.7 Å². The molecule has 10 rings (SSSR count). The molecule has 4 aromatic heterocycles. The first-order valence-corrected chi connectivity index (χ1v) is 15.8. The molecule has 0 amide bonds. The zero-order valence-electron chi connectivity index (χ0n) is 25.5. The number of hydrogen-bond acceptors (Lipinski definition) is 6. The minimum absolute atomic E-state index is 0.529. The molecule has 6 aromatic carbocycles. The molecule has 0 bridgehead atoms. The lowest BCUT2D eigenvalue weighted by Crippen LogP contribution is -2.00. The summed E-state index contributed by atoms with van der Waals surface area (Å²) in [6, 6.07) is 47.1. The first-order chi connectivity index (χ1) is 23.8. The molecule has 0 fully saturated rings. The average molecular weight is 617 g/mol. The van der Waals surface area contributed by atoms with Crippen LogP contribution in [0.2, 0.25) is 0 Å². The van der Waals surface area contributed by atoms with Crippen LogP contribution in [0.1, 0.15) is 0 Å². The van der Waals surface area contributed by atoms with Gasteiger partial charge in [-0.3, -0.25) is 0 Å². The third-order valence-electron chi connectivity index (χ3n) is 9.01. The van der Waals surface area contributed by atoms with Gasteiger partial charge in [-0.05, 0) is 46.8 Å². The summed E-state index contributed by atoms with van der Waals surface area (Å²) in [5.41, 5.74) is 7.79. The van der Waals surface area contributed by atoms with Crippen molar-refractivity contribution >= 4 is 54.8 Å². The standard InChI is InChI=1S/C42H24N4O2/c1-3-11-26(12-4-1)39-44-40(27-13-5-2-6-14-27)46-41(45-39)33-22-23-43-42-37(33)31-20-19-28(24-35(31)48-42)29-16-9-17-34-36(29)32-21-18-25-10-7-8-15-30(25)38(32)47-34/h1-24H. The highest BCUT2D eigenvalue weighted by Gasteiger charge is 2.20. The van der Waals surface area contributed by atoms with Crippen molar-refractivity contribution in [1.82, 2.24) is 19.9 Å². The van der Waals surface area contributed by atoms with Crippen LogP contribution in [0.25, 0.3) is 100 Å². The fourth-order valence-corrected chi connectivity index (χ4v) is 6.77. The smallest absolute Gasteiger partial charge is 0.228 e. The van der Waals surface area contributed by atoms with Crippen LogP contribution in [0.15, 0.2) is 155 Å². The summed E-state index contributed by atoms with van der Waals surface area (Å²) in [7, 11) is 0. The molecule has 10 aromatic rings. The van der Waals surface area contributed by atoms with Crippen molar-refractivity contribution in [2.24, 2.45) is 0 Å². The summed E-state index contributed by atoms with van der Waals surface area (Å²) in [5, 5.41) is 6.23. The van der Waals surface area contributed by atoms with Crippen LogP contribution < -0.4 is 0 Å². The number of fused-ring (bicyclic) bond motifs is 8. The van der Waals surface area contributed by atoms with Gasteiger partial charge >= 0.3 is 0 Å². The van der Waals surface area contributed by atoms with E-state index in [1.54, 1.807) is 6.20 Å². The van der Waals surface area contributed by atoms with Gasteiger partial charge in [-0.25, -0.2) is 19.9 Å². The fraction of sp³-hybridized carbons (Fsp3) is 0. The Morgan fingerprint density at radius 1 is 0.417 bits per heavy atom. The molecule has 0 saturated carbocycles. The molecule has 0 unspecified atom stereocenters. The first kappa shape index (κ1) is 26.5. The maximum atomic E-state index is 6.46.